The van der Waals surface area contributed by atoms with Gasteiger partial charge in [0.05, 0.1) is 24.1 Å². The van der Waals surface area contributed by atoms with E-state index >= 15 is 0 Å². The maximum absolute atomic E-state index is 13.7. The number of sulfonamides is 1. The van der Waals surface area contributed by atoms with Crippen LogP contribution in [0.4, 0.5) is 5.69 Å². The second-order valence-corrected chi connectivity index (χ2v) is 11.2. The number of benzene rings is 2. The molecule has 198 valence electrons. The monoisotopic (exact) mass is 557 g/mol. The summed E-state index contributed by atoms with van der Waals surface area (Å²) in [6.07, 6.45) is 2.08. The van der Waals surface area contributed by atoms with Crippen molar-refractivity contribution in [3.8, 4) is 5.75 Å². The highest BCUT2D eigenvalue weighted by Crippen LogP contribution is 2.30. The molecular weight excluding hydrogens is 525 g/mol. The Morgan fingerprint density at radius 2 is 1.69 bits per heavy atom. The van der Waals surface area contributed by atoms with Crippen molar-refractivity contribution < 1.29 is 22.7 Å². The lowest BCUT2D eigenvalue weighted by atomic mass is 10.1. The number of methoxy groups -OCH3 is 1. The second-order valence-electron chi connectivity index (χ2n) is 8.48. The molecule has 11 heteroatoms. The van der Waals surface area contributed by atoms with Crippen molar-refractivity contribution in [2.75, 3.05) is 24.2 Å². The molecule has 0 fully saturated rings. The van der Waals surface area contributed by atoms with E-state index in [2.05, 4.69) is 5.32 Å². The zero-order chi connectivity index (χ0) is 27.0. The molecule has 2 rings (SSSR count). The molecule has 1 N–H and O–H groups in total. The van der Waals surface area contributed by atoms with Crippen LogP contribution in [0.5, 0.6) is 5.75 Å². The van der Waals surface area contributed by atoms with E-state index in [0.717, 1.165) is 22.5 Å². The lowest BCUT2D eigenvalue weighted by Crippen LogP contribution is -2.53. The van der Waals surface area contributed by atoms with Crippen LogP contribution in [0.25, 0.3) is 0 Å². The van der Waals surface area contributed by atoms with E-state index in [4.69, 9.17) is 27.9 Å². The zero-order valence-electron chi connectivity index (χ0n) is 21.1. The first-order valence-electron chi connectivity index (χ1n) is 11.6. The number of hydrogen-bond acceptors (Lipinski definition) is 5. The lowest BCUT2D eigenvalue weighted by Gasteiger charge is -2.33. The molecular formula is C25H33Cl2N3O5S. The van der Waals surface area contributed by atoms with Crippen LogP contribution in [0.15, 0.2) is 42.5 Å². The summed E-state index contributed by atoms with van der Waals surface area (Å²) in [7, 11) is -2.42. The molecule has 2 aromatic rings. The largest absolute Gasteiger partial charge is 0.495 e. The van der Waals surface area contributed by atoms with Crippen LogP contribution in [-0.4, -0.2) is 57.1 Å². The van der Waals surface area contributed by atoms with Gasteiger partial charge >= 0.3 is 0 Å². The van der Waals surface area contributed by atoms with Gasteiger partial charge in [0.2, 0.25) is 21.8 Å². The van der Waals surface area contributed by atoms with Crippen molar-refractivity contribution in [3.63, 3.8) is 0 Å². The summed E-state index contributed by atoms with van der Waals surface area (Å²) in [6, 6.07) is 10.5. The number of anilines is 1. The SMILES string of the molecule is CC[C@@H](C)NC(=O)[C@H](CC)N(Cc1ccc(Cl)cc1)C(=O)CN(c1ccc(OC)c(Cl)c1)S(C)(=O)=O. The Morgan fingerprint density at radius 3 is 2.19 bits per heavy atom. The fourth-order valence-corrected chi connectivity index (χ4v) is 4.79. The minimum Gasteiger partial charge on any atom is -0.495 e. The summed E-state index contributed by atoms with van der Waals surface area (Å²) in [5.41, 5.74) is 0.959. The maximum Gasteiger partial charge on any atom is 0.244 e. The van der Waals surface area contributed by atoms with Crippen molar-refractivity contribution >= 4 is 50.7 Å². The highest BCUT2D eigenvalue weighted by Gasteiger charge is 2.32. The Morgan fingerprint density at radius 1 is 1.06 bits per heavy atom. The number of hydrogen-bond donors (Lipinski definition) is 1. The van der Waals surface area contributed by atoms with Crippen molar-refractivity contribution in [2.45, 2.75) is 52.2 Å². The lowest BCUT2D eigenvalue weighted by molar-refractivity contribution is -0.140. The van der Waals surface area contributed by atoms with Gasteiger partial charge in [-0.1, -0.05) is 49.2 Å². The average Bonchev–Trinajstić information content (AvgIpc) is 2.82. The highest BCUT2D eigenvalue weighted by atomic mass is 35.5. The van der Waals surface area contributed by atoms with E-state index in [1.807, 2.05) is 13.8 Å². The van der Waals surface area contributed by atoms with Crippen molar-refractivity contribution in [2.24, 2.45) is 0 Å². The molecule has 0 spiro atoms. The topological polar surface area (TPSA) is 96.0 Å². The third-order valence-corrected chi connectivity index (χ3v) is 7.44. The summed E-state index contributed by atoms with van der Waals surface area (Å²) in [4.78, 5) is 28.2. The first-order chi connectivity index (χ1) is 16.9. The fraction of sp³-hybridized carbons (Fsp3) is 0.440. The van der Waals surface area contributed by atoms with Crippen LogP contribution in [0, 0.1) is 0 Å². The van der Waals surface area contributed by atoms with E-state index in [9.17, 15) is 18.0 Å². The standard InChI is InChI=1S/C25H33Cl2N3O5S/c1-6-17(3)28-25(32)22(7-2)29(15-18-8-10-19(26)11-9-18)24(31)16-30(36(5,33)34)20-12-13-23(35-4)21(27)14-20/h8-14,17,22H,6-7,15-16H2,1-5H3,(H,28,32)/t17-,22+/m1/s1. The highest BCUT2D eigenvalue weighted by molar-refractivity contribution is 7.92. The Hall–Kier alpha value is -2.49. The molecule has 0 aliphatic rings. The molecule has 0 saturated carbocycles. The summed E-state index contributed by atoms with van der Waals surface area (Å²) in [6.45, 7) is 5.23. The quantitative estimate of drug-likeness (QED) is 0.414. The summed E-state index contributed by atoms with van der Waals surface area (Å²) in [5, 5.41) is 3.67. The fourth-order valence-electron chi connectivity index (χ4n) is 3.57. The third-order valence-electron chi connectivity index (χ3n) is 5.76. The molecule has 0 aromatic heterocycles. The van der Waals surface area contributed by atoms with Crippen LogP contribution in [0.2, 0.25) is 10.0 Å². The van der Waals surface area contributed by atoms with Gasteiger partial charge < -0.3 is 15.0 Å². The van der Waals surface area contributed by atoms with Gasteiger partial charge in [0.25, 0.3) is 0 Å². The van der Waals surface area contributed by atoms with Gasteiger partial charge in [-0.2, -0.15) is 0 Å². The number of carbonyl (C=O) groups is 2. The van der Waals surface area contributed by atoms with Gasteiger partial charge in [-0.15, -0.1) is 0 Å². The first-order valence-corrected chi connectivity index (χ1v) is 14.2. The van der Waals surface area contributed by atoms with Gasteiger partial charge in [0.15, 0.2) is 0 Å². The smallest absolute Gasteiger partial charge is 0.244 e. The van der Waals surface area contributed by atoms with Crippen LogP contribution >= 0.6 is 23.2 Å². The molecule has 2 amide bonds. The molecule has 2 atom stereocenters. The second kappa shape index (κ2) is 13.2. The van der Waals surface area contributed by atoms with Crippen molar-refractivity contribution in [1.29, 1.82) is 0 Å². The molecule has 2 aromatic carbocycles. The van der Waals surface area contributed by atoms with Gasteiger partial charge in [0, 0.05) is 17.6 Å². The summed E-state index contributed by atoms with van der Waals surface area (Å²) >= 11 is 12.2. The number of halogens is 2. The molecule has 36 heavy (non-hydrogen) atoms. The van der Waals surface area contributed by atoms with Crippen molar-refractivity contribution in [1.82, 2.24) is 10.2 Å². The maximum atomic E-state index is 13.7. The first kappa shape index (κ1) is 29.7. The molecule has 0 saturated heterocycles. The average molecular weight is 559 g/mol. The molecule has 0 radical (unpaired) electrons. The number of ether oxygens (including phenoxy) is 1. The van der Waals surface area contributed by atoms with E-state index in [1.165, 1.54) is 30.2 Å². The van der Waals surface area contributed by atoms with Gasteiger partial charge in [-0.3, -0.25) is 13.9 Å². The number of nitrogens with one attached hydrogen (secondary N) is 1. The molecule has 0 aliphatic carbocycles. The Labute approximate surface area is 223 Å². The number of carbonyl (C=O) groups excluding carboxylic acids is 2. The Kier molecular flexibility index (Phi) is 10.9. The normalized spacial score (nSPS) is 13.0. The predicted molar refractivity (Wildman–Crippen MR) is 144 cm³/mol. The van der Waals surface area contributed by atoms with Crippen LogP contribution in [0.3, 0.4) is 0 Å². The number of rotatable bonds is 12. The summed E-state index contributed by atoms with van der Waals surface area (Å²) in [5.74, 6) is -0.460. The van der Waals surface area contributed by atoms with Crippen LogP contribution < -0.4 is 14.4 Å². The van der Waals surface area contributed by atoms with Crippen LogP contribution in [0.1, 0.15) is 39.2 Å². The summed E-state index contributed by atoms with van der Waals surface area (Å²) < 4.78 is 31.5. The van der Waals surface area contributed by atoms with Gasteiger partial charge in [0.1, 0.15) is 18.3 Å². The van der Waals surface area contributed by atoms with Crippen molar-refractivity contribution in [3.05, 3.63) is 58.1 Å². The molecule has 0 unspecified atom stereocenters. The minimum absolute atomic E-state index is 0.0759. The molecule has 0 bridgehead atoms. The molecule has 0 aliphatic heterocycles. The minimum atomic E-state index is -3.87. The van der Waals surface area contributed by atoms with E-state index in [-0.39, 0.29) is 29.2 Å². The van der Waals surface area contributed by atoms with Crippen LogP contribution in [-0.2, 0) is 26.2 Å². The van der Waals surface area contributed by atoms with E-state index in [1.54, 1.807) is 31.2 Å². The molecule has 8 nitrogen and oxygen atoms in total. The Bertz CT molecular complexity index is 1160. The zero-order valence-corrected chi connectivity index (χ0v) is 23.5. The van der Waals surface area contributed by atoms with Gasteiger partial charge in [-0.25, -0.2) is 8.42 Å². The third kappa shape index (κ3) is 8.01. The predicted octanol–water partition coefficient (Wildman–Crippen LogP) is 4.49. The number of amides is 2. The van der Waals surface area contributed by atoms with E-state index < -0.39 is 28.5 Å². The van der Waals surface area contributed by atoms with E-state index in [0.29, 0.717) is 17.2 Å². The number of nitrogens with zero attached hydrogens (tertiary/aromatic N) is 2. The van der Waals surface area contributed by atoms with Gasteiger partial charge in [-0.05, 0) is 55.7 Å². The molecule has 0 heterocycles. The Balaban J connectivity index is 2.45.